The third-order valence-electron chi connectivity index (χ3n) is 8.90. The zero-order chi connectivity index (χ0) is 36.4. The number of aryl methyl sites for hydroxylation is 2. The number of nitrogens with zero attached hydrogens (tertiary/aromatic N) is 4. The lowest BCUT2D eigenvalue weighted by molar-refractivity contribution is -0.160. The van der Waals surface area contributed by atoms with E-state index in [0.717, 1.165) is 24.0 Å². The molecule has 2 aromatic heterocycles. The van der Waals surface area contributed by atoms with Crippen molar-refractivity contribution in [2.75, 3.05) is 24.6 Å². The van der Waals surface area contributed by atoms with E-state index in [1.807, 2.05) is 77.9 Å². The normalized spacial score (nSPS) is 15.9. The average Bonchev–Trinajstić information content (AvgIpc) is 3.46. The Morgan fingerprint density at radius 3 is 2.44 bits per heavy atom. The molecule has 0 amide bonds. The van der Waals surface area contributed by atoms with Crippen LogP contribution >= 0.6 is 0 Å². The number of aromatic nitrogens is 3. The van der Waals surface area contributed by atoms with Crippen LogP contribution in [0.2, 0.25) is 0 Å². The Morgan fingerprint density at radius 2 is 1.80 bits per heavy atom. The standard InChI is InChI=1S/C40H49FN4O5/c1-10-13-26(4)49-32-22-25(3)21-30(41)35(32)29-15-12-14-28(23-29)31-24-33-42-27(5)34(36(38(46)47)50-39(6,7)8)37(45(33)43-31)44-18-16-40(9,17-19-44)48-20-11-2/h10-12,14-15,21-24,26,36H,1-2,13,16-20H2,3-9H3,(H,46,47)/t26-,36?/m0/s1. The van der Waals surface area contributed by atoms with E-state index >= 15 is 4.39 Å². The molecular weight excluding hydrogens is 635 g/mol. The van der Waals surface area contributed by atoms with E-state index in [0.29, 0.717) is 71.4 Å². The van der Waals surface area contributed by atoms with E-state index in [2.05, 4.69) is 25.0 Å². The Bertz CT molecular complexity index is 1890. The first-order valence-electron chi connectivity index (χ1n) is 17.1. The van der Waals surface area contributed by atoms with Crippen molar-refractivity contribution in [1.82, 2.24) is 14.6 Å². The highest BCUT2D eigenvalue weighted by Gasteiger charge is 2.37. The molecule has 1 fully saturated rings. The molecule has 1 N–H and O–H groups in total. The predicted octanol–water partition coefficient (Wildman–Crippen LogP) is 8.66. The zero-order valence-corrected chi connectivity index (χ0v) is 30.3. The van der Waals surface area contributed by atoms with Gasteiger partial charge in [0.25, 0.3) is 0 Å². The lowest BCUT2D eigenvalue weighted by atomic mass is 9.92. The maximum absolute atomic E-state index is 15.7. The molecule has 2 aromatic carbocycles. The zero-order valence-electron chi connectivity index (χ0n) is 30.3. The first-order chi connectivity index (χ1) is 23.6. The van der Waals surface area contributed by atoms with Crippen molar-refractivity contribution in [3.63, 3.8) is 0 Å². The van der Waals surface area contributed by atoms with Crippen molar-refractivity contribution in [2.45, 2.75) is 91.1 Å². The number of hydrogen-bond donors (Lipinski definition) is 1. The molecule has 0 saturated carbocycles. The van der Waals surface area contributed by atoms with Gasteiger partial charge in [0.15, 0.2) is 11.8 Å². The van der Waals surface area contributed by atoms with Crippen LogP contribution in [-0.2, 0) is 14.3 Å². The minimum Gasteiger partial charge on any atom is -0.490 e. The van der Waals surface area contributed by atoms with Crippen LogP contribution in [0.1, 0.15) is 76.8 Å². The summed E-state index contributed by atoms with van der Waals surface area (Å²) < 4.78 is 35.9. The molecule has 0 aliphatic carbocycles. The van der Waals surface area contributed by atoms with Crippen LogP contribution in [0.25, 0.3) is 28.0 Å². The number of benzene rings is 2. The predicted molar refractivity (Wildman–Crippen MR) is 195 cm³/mol. The fraction of sp³-hybridized carbons (Fsp3) is 0.425. The summed E-state index contributed by atoms with van der Waals surface area (Å²) in [5.41, 5.74) is 3.58. The molecule has 1 aliphatic heterocycles. The molecule has 5 rings (SSSR count). The Labute approximate surface area is 294 Å². The molecule has 1 saturated heterocycles. The van der Waals surface area contributed by atoms with E-state index in [4.69, 9.17) is 24.3 Å². The van der Waals surface area contributed by atoms with Crippen molar-refractivity contribution < 1.29 is 28.5 Å². The molecule has 4 aromatic rings. The molecule has 9 nitrogen and oxygen atoms in total. The summed E-state index contributed by atoms with van der Waals surface area (Å²) >= 11 is 0. The number of piperidine rings is 1. The number of aliphatic carboxylic acids is 1. The maximum Gasteiger partial charge on any atom is 0.337 e. The number of anilines is 1. The number of carboxylic acid groups (broad SMARTS) is 1. The number of halogens is 1. The highest BCUT2D eigenvalue weighted by molar-refractivity contribution is 5.80. The van der Waals surface area contributed by atoms with E-state index in [1.165, 1.54) is 6.07 Å². The minimum absolute atomic E-state index is 0.186. The number of hydrogen-bond acceptors (Lipinski definition) is 7. The number of carbonyl (C=O) groups is 1. The topological polar surface area (TPSA) is 98.4 Å². The third-order valence-corrected chi connectivity index (χ3v) is 8.90. The molecule has 10 heteroatoms. The van der Waals surface area contributed by atoms with Gasteiger partial charge in [-0.25, -0.2) is 14.2 Å². The van der Waals surface area contributed by atoms with Gasteiger partial charge >= 0.3 is 5.97 Å². The fourth-order valence-corrected chi connectivity index (χ4v) is 6.47. The summed E-state index contributed by atoms with van der Waals surface area (Å²) in [4.78, 5) is 19.8. The summed E-state index contributed by atoms with van der Waals surface area (Å²) in [7, 11) is 0. The summed E-state index contributed by atoms with van der Waals surface area (Å²) in [6, 6.07) is 12.7. The Kier molecular flexibility index (Phi) is 10.8. The van der Waals surface area contributed by atoms with Crippen LogP contribution in [-0.4, -0.2) is 62.7 Å². The van der Waals surface area contributed by atoms with E-state index < -0.39 is 17.7 Å². The molecule has 1 aliphatic rings. The number of carboxylic acids is 1. The molecule has 50 heavy (non-hydrogen) atoms. The van der Waals surface area contributed by atoms with Crippen LogP contribution in [0.4, 0.5) is 10.2 Å². The molecule has 266 valence electrons. The first kappa shape index (κ1) is 36.7. The van der Waals surface area contributed by atoms with Gasteiger partial charge in [-0.2, -0.15) is 9.61 Å². The van der Waals surface area contributed by atoms with Crippen LogP contribution < -0.4 is 9.64 Å². The number of rotatable bonds is 13. The van der Waals surface area contributed by atoms with Gasteiger partial charge in [-0.3, -0.25) is 0 Å². The second-order valence-electron chi connectivity index (χ2n) is 14.4. The lowest BCUT2D eigenvalue weighted by Crippen LogP contribution is -2.45. The van der Waals surface area contributed by atoms with Gasteiger partial charge in [-0.15, -0.1) is 13.2 Å². The van der Waals surface area contributed by atoms with Gasteiger partial charge in [-0.05, 0) is 90.6 Å². The van der Waals surface area contributed by atoms with Crippen LogP contribution in [0.5, 0.6) is 5.75 Å². The van der Waals surface area contributed by atoms with Crippen molar-refractivity contribution in [1.29, 1.82) is 0 Å². The van der Waals surface area contributed by atoms with Crippen LogP contribution in [0, 0.1) is 19.7 Å². The molecule has 0 spiro atoms. The number of fused-ring (bicyclic) bond motifs is 1. The molecule has 0 radical (unpaired) electrons. The van der Waals surface area contributed by atoms with Crippen molar-refractivity contribution >= 4 is 17.4 Å². The first-order valence-corrected chi connectivity index (χ1v) is 17.1. The summed E-state index contributed by atoms with van der Waals surface area (Å²) in [6.07, 6.45) is 4.11. The highest BCUT2D eigenvalue weighted by Crippen LogP contribution is 2.40. The lowest BCUT2D eigenvalue weighted by Gasteiger charge is -2.41. The second kappa shape index (κ2) is 14.7. The van der Waals surface area contributed by atoms with Gasteiger partial charge in [0.05, 0.1) is 40.7 Å². The van der Waals surface area contributed by atoms with Gasteiger partial charge in [0, 0.05) is 36.8 Å². The monoisotopic (exact) mass is 684 g/mol. The Morgan fingerprint density at radius 1 is 1.10 bits per heavy atom. The average molecular weight is 685 g/mol. The summed E-state index contributed by atoms with van der Waals surface area (Å²) in [5.74, 6) is -0.410. The highest BCUT2D eigenvalue weighted by atomic mass is 19.1. The van der Waals surface area contributed by atoms with E-state index in [1.54, 1.807) is 16.7 Å². The Hall–Kier alpha value is -4.54. The summed E-state index contributed by atoms with van der Waals surface area (Å²) in [6.45, 7) is 22.4. The van der Waals surface area contributed by atoms with Crippen LogP contribution in [0.3, 0.4) is 0 Å². The van der Waals surface area contributed by atoms with Crippen molar-refractivity contribution in [3.8, 4) is 28.1 Å². The van der Waals surface area contributed by atoms with Gasteiger partial charge in [0.2, 0.25) is 0 Å². The molecule has 3 heterocycles. The molecule has 0 bridgehead atoms. The smallest absolute Gasteiger partial charge is 0.337 e. The van der Waals surface area contributed by atoms with E-state index in [-0.39, 0.29) is 17.5 Å². The SMILES string of the molecule is C=CCOC1(C)CCN(c2c(C(OC(C)(C)C)C(=O)O)c(C)nc3cc(-c4cccc(-c5c(F)cc(C)cc5O[C@@H](C)CC=C)c4)nn23)CC1. The number of ether oxygens (including phenoxy) is 3. The molecular formula is C40H49FN4O5. The largest absolute Gasteiger partial charge is 0.490 e. The third kappa shape index (κ3) is 8.08. The second-order valence-corrected chi connectivity index (χ2v) is 14.4. The Balaban J connectivity index is 1.64. The minimum atomic E-state index is -1.28. The van der Waals surface area contributed by atoms with E-state index in [9.17, 15) is 9.90 Å². The maximum atomic E-state index is 15.7. The molecule has 2 atom stereocenters. The van der Waals surface area contributed by atoms with Crippen molar-refractivity contribution in [3.05, 3.63) is 90.4 Å². The van der Waals surface area contributed by atoms with Crippen LogP contribution in [0.15, 0.2) is 67.8 Å². The van der Waals surface area contributed by atoms with Gasteiger partial charge in [-0.1, -0.05) is 30.4 Å². The quantitative estimate of drug-likeness (QED) is 0.140. The van der Waals surface area contributed by atoms with Gasteiger partial charge < -0.3 is 24.2 Å². The fourth-order valence-electron chi connectivity index (χ4n) is 6.47. The van der Waals surface area contributed by atoms with Gasteiger partial charge in [0.1, 0.15) is 17.4 Å². The summed E-state index contributed by atoms with van der Waals surface area (Å²) in [5, 5.41) is 15.5. The molecule has 1 unspecified atom stereocenters. The van der Waals surface area contributed by atoms with Crippen molar-refractivity contribution in [2.24, 2.45) is 0 Å².